The summed E-state index contributed by atoms with van der Waals surface area (Å²) in [5.74, 6) is 1.27. The maximum Gasteiger partial charge on any atom is 0.319 e. The fourth-order valence-corrected chi connectivity index (χ4v) is 3.52. The number of rotatable bonds is 4. The molecule has 2 aliphatic rings. The number of aromatic nitrogens is 1. The van der Waals surface area contributed by atoms with Crippen molar-refractivity contribution in [3.63, 3.8) is 0 Å². The van der Waals surface area contributed by atoms with E-state index < -0.39 is 0 Å². The second-order valence-electron chi connectivity index (χ2n) is 7.36. The van der Waals surface area contributed by atoms with Gasteiger partial charge in [0, 0.05) is 29.1 Å². The van der Waals surface area contributed by atoms with Gasteiger partial charge in [-0.05, 0) is 37.8 Å². The van der Waals surface area contributed by atoms with E-state index in [4.69, 9.17) is 4.42 Å². The number of aliphatic hydroxyl groups excluding tert-OH is 1. The summed E-state index contributed by atoms with van der Waals surface area (Å²) in [5, 5.41) is 15.4. The molecule has 2 fully saturated rings. The Hall–Kier alpha value is -2.08. The van der Waals surface area contributed by atoms with E-state index in [1.54, 1.807) is 0 Å². The highest BCUT2D eigenvalue weighted by atomic mass is 16.3. The Morgan fingerprint density at radius 2 is 2.25 bits per heavy atom. The molecule has 0 spiro atoms. The number of carbonyl (C=O) groups excluding carboxylic acids is 1. The maximum atomic E-state index is 12.3. The van der Waals surface area contributed by atoms with Crippen LogP contribution in [0.5, 0.6) is 0 Å². The Morgan fingerprint density at radius 3 is 3.00 bits per heavy atom. The van der Waals surface area contributed by atoms with Crippen LogP contribution >= 0.6 is 0 Å². The van der Waals surface area contributed by atoms with Crippen molar-refractivity contribution in [2.24, 2.45) is 5.41 Å². The minimum Gasteiger partial charge on any atom is -0.440 e. The highest BCUT2D eigenvalue weighted by Crippen LogP contribution is 2.41. The summed E-state index contributed by atoms with van der Waals surface area (Å²) in [6.07, 6.45) is 5.14. The first kappa shape index (κ1) is 15.4. The number of hydrogen-bond acceptors (Lipinski definition) is 4. The van der Waals surface area contributed by atoms with Crippen LogP contribution in [0, 0.1) is 5.41 Å². The van der Waals surface area contributed by atoms with Gasteiger partial charge in [-0.3, -0.25) is 0 Å². The topological polar surface area (TPSA) is 87.4 Å². The fraction of sp³-hybridized carbons (Fsp3) is 0.556. The number of fused-ring (bicyclic) bond motifs is 1. The number of oxazole rings is 1. The van der Waals surface area contributed by atoms with Gasteiger partial charge < -0.3 is 20.2 Å². The molecule has 1 aromatic heterocycles. The lowest BCUT2D eigenvalue weighted by atomic mass is 9.86. The number of carbonyl (C=O) groups is 1. The number of amides is 2. The van der Waals surface area contributed by atoms with Crippen LogP contribution in [0.3, 0.4) is 0 Å². The number of anilines is 1. The van der Waals surface area contributed by atoms with Crippen LogP contribution in [0.2, 0.25) is 0 Å². The average Bonchev–Trinajstić information content (AvgIpc) is 3.23. The van der Waals surface area contributed by atoms with Gasteiger partial charge in [0.05, 0.1) is 6.61 Å². The van der Waals surface area contributed by atoms with Crippen LogP contribution in [-0.4, -0.2) is 28.8 Å². The van der Waals surface area contributed by atoms with Crippen LogP contribution < -0.4 is 10.6 Å². The molecule has 2 aliphatic carbocycles. The summed E-state index contributed by atoms with van der Waals surface area (Å²) >= 11 is 0. The van der Waals surface area contributed by atoms with Crippen molar-refractivity contribution >= 4 is 22.8 Å². The molecule has 0 aliphatic heterocycles. The van der Waals surface area contributed by atoms with Gasteiger partial charge in [0.25, 0.3) is 0 Å². The normalized spacial score (nSPS) is 26.7. The van der Waals surface area contributed by atoms with Crippen molar-refractivity contribution in [1.82, 2.24) is 10.3 Å². The predicted molar refractivity (Wildman–Crippen MR) is 91.0 cm³/mol. The van der Waals surface area contributed by atoms with E-state index in [1.165, 1.54) is 0 Å². The van der Waals surface area contributed by atoms with Crippen molar-refractivity contribution in [1.29, 1.82) is 0 Å². The lowest BCUT2D eigenvalue weighted by Gasteiger charge is -2.30. The van der Waals surface area contributed by atoms with E-state index in [9.17, 15) is 9.90 Å². The molecule has 1 heterocycles. The number of hydrogen-bond donors (Lipinski definition) is 3. The molecule has 3 N–H and O–H groups in total. The van der Waals surface area contributed by atoms with E-state index in [2.05, 4.69) is 15.6 Å². The van der Waals surface area contributed by atoms with Crippen LogP contribution in [0.25, 0.3) is 11.1 Å². The van der Waals surface area contributed by atoms with Crippen molar-refractivity contribution < 1.29 is 14.3 Å². The molecule has 0 radical (unpaired) electrons. The van der Waals surface area contributed by atoms with E-state index in [0.29, 0.717) is 17.2 Å². The molecule has 4 rings (SSSR count). The van der Waals surface area contributed by atoms with E-state index in [-0.39, 0.29) is 24.1 Å². The number of benzene rings is 1. The molecule has 0 bridgehead atoms. The van der Waals surface area contributed by atoms with Gasteiger partial charge in [0.2, 0.25) is 0 Å². The average molecular weight is 329 g/mol. The molecule has 6 heteroatoms. The van der Waals surface area contributed by atoms with Crippen LogP contribution in [0.1, 0.15) is 50.8 Å². The van der Waals surface area contributed by atoms with Crippen LogP contribution in [-0.2, 0) is 0 Å². The first-order valence-electron chi connectivity index (χ1n) is 8.66. The Bertz CT molecular complexity index is 768. The highest BCUT2D eigenvalue weighted by molar-refractivity contribution is 5.91. The smallest absolute Gasteiger partial charge is 0.319 e. The third-order valence-corrected chi connectivity index (χ3v) is 5.34. The van der Waals surface area contributed by atoms with E-state index >= 15 is 0 Å². The first-order chi connectivity index (χ1) is 11.6. The molecule has 2 saturated carbocycles. The molecule has 128 valence electrons. The third kappa shape index (κ3) is 2.86. The maximum absolute atomic E-state index is 12.3. The quantitative estimate of drug-likeness (QED) is 0.802. The molecule has 2 aromatic rings. The zero-order chi connectivity index (χ0) is 16.7. The molecule has 2 amide bonds. The molecular formula is C18H23N3O3. The summed E-state index contributed by atoms with van der Waals surface area (Å²) in [4.78, 5) is 16.8. The van der Waals surface area contributed by atoms with E-state index in [1.807, 2.05) is 25.1 Å². The van der Waals surface area contributed by atoms with Crippen molar-refractivity contribution in [3.8, 4) is 0 Å². The summed E-state index contributed by atoms with van der Waals surface area (Å²) in [7, 11) is 0. The lowest BCUT2D eigenvalue weighted by molar-refractivity contribution is 0.122. The Morgan fingerprint density at radius 1 is 1.42 bits per heavy atom. The Labute approximate surface area is 140 Å². The summed E-state index contributed by atoms with van der Waals surface area (Å²) in [5.41, 5.74) is 1.98. The highest BCUT2D eigenvalue weighted by Gasteiger charge is 2.39. The van der Waals surface area contributed by atoms with Crippen LogP contribution in [0.15, 0.2) is 22.6 Å². The van der Waals surface area contributed by atoms with Gasteiger partial charge in [0.15, 0.2) is 11.5 Å². The second kappa shape index (κ2) is 5.77. The zero-order valence-electron chi connectivity index (χ0n) is 13.8. The van der Waals surface area contributed by atoms with Crippen molar-refractivity contribution in [2.75, 3.05) is 11.9 Å². The fourth-order valence-electron chi connectivity index (χ4n) is 3.52. The Kier molecular flexibility index (Phi) is 3.72. The summed E-state index contributed by atoms with van der Waals surface area (Å²) < 4.78 is 5.78. The van der Waals surface area contributed by atoms with Gasteiger partial charge in [-0.1, -0.05) is 13.3 Å². The van der Waals surface area contributed by atoms with E-state index in [0.717, 1.165) is 43.5 Å². The zero-order valence-corrected chi connectivity index (χ0v) is 13.8. The number of nitrogens with one attached hydrogen (secondary N) is 2. The van der Waals surface area contributed by atoms with Gasteiger partial charge in [-0.15, -0.1) is 0 Å². The number of aliphatic hydroxyl groups is 1. The van der Waals surface area contributed by atoms with Gasteiger partial charge in [-0.25, -0.2) is 9.78 Å². The summed E-state index contributed by atoms with van der Waals surface area (Å²) in [6, 6.07) is 5.27. The van der Waals surface area contributed by atoms with Gasteiger partial charge in [0.1, 0.15) is 5.52 Å². The van der Waals surface area contributed by atoms with Gasteiger partial charge >= 0.3 is 6.03 Å². The number of urea groups is 1. The minimum absolute atomic E-state index is 0.00187. The molecule has 0 saturated heterocycles. The number of nitrogens with zero attached hydrogens (tertiary/aromatic N) is 1. The lowest BCUT2D eigenvalue weighted by Crippen LogP contribution is -2.46. The molecule has 6 nitrogen and oxygen atoms in total. The molecule has 24 heavy (non-hydrogen) atoms. The van der Waals surface area contributed by atoms with Crippen molar-refractivity contribution in [3.05, 3.63) is 24.1 Å². The SMILES string of the molecule is CC1(CO)CCCC1NC(=O)Nc1ccc2nc(C3CC3)oc2c1. The van der Waals surface area contributed by atoms with Gasteiger partial charge in [-0.2, -0.15) is 0 Å². The monoisotopic (exact) mass is 329 g/mol. The Balaban J connectivity index is 1.44. The van der Waals surface area contributed by atoms with Crippen molar-refractivity contribution in [2.45, 2.75) is 51.0 Å². The molecule has 1 aromatic carbocycles. The third-order valence-electron chi connectivity index (χ3n) is 5.34. The standard InChI is InChI=1S/C18H23N3O3/c1-18(10-22)8-2-3-15(18)21-17(23)19-12-6-7-13-14(9-12)24-16(20-13)11-4-5-11/h6-7,9,11,15,22H,2-5,8,10H2,1H3,(H2,19,21,23). The minimum atomic E-state index is -0.247. The molecular weight excluding hydrogens is 306 g/mol. The molecule has 2 atom stereocenters. The van der Waals surface area contributed by atoms with Crippen LogP contribution in [0.4, 0.5) is 10.5 Å². The summed E-state index contributed by atoms with van der Waals surface area (Å²) in [6.45, 7) is 2.11. The predicted octanol–water partition coefficient (Wildman–Crippen LogP) is 3.38. The molecule has 2 unspecified atom stereocenters. The first-order valence-corrected chi connectivity index (χ1v) is 8.66. The second-order valence-corrected chi connectivity index (χ2v) is 7.36. The largest absolute Gasteiger partial charge is 0.440 e.